The highest BCUT2D eigenvalue weighted by Gasteiger charge is 2.51. The van der Waals surface area contributed by atoms with Crippen molar-refractivity contribution in [1.29, 1.82) is 0 Å². The molecular formula is C18H12N2O3. The molecule has 1 aromatic carbocycles. The van der Waals surface area contributed by atoms with Crippen molar-refractivity contribution in [2.24, 2.45) is 0 Å². The standard InChI is InChI=1S/C18H12N2O3/c1-2-10-5-14-15(19-9-10)20-17(23)18(14)7-12-4-3-11(16(21)22)6-13(12)8-18/h1,3-6,9H,7-8H2,(H,21,22)(H,19,20,23)/t18-/m1/s1. The van der Waals surface area contributed by atoms with Gasteiger partial charge in [0.05, 0.1) is 11.0 Å². The number of carboxylic acids is 1. The third-order valence-electron chi connectivity index (χ3n) is 4.67. The van der Waals surface area contributed by atoms with E-state index in [1.165, 1.54) is 0 Å². The van der Waals surface area contributed by atoms with Crippen LogP contribution in [0.15, 0.2) is 30.5 Å². The number of anilines is 1. The van der Waals surface area contributed by atoms with Crippen molar-refractivity contribution in [1.82, 2.24) is 4.98 Å². The second-order valence-corrected chi connectivity index (χ2v) is 5.94. The Labute approximate surface area is 132 Å². The molecule has 1 aliphatic heterocycles. The summed E-state index contributed by atoms with van der Waals surface area (Å²) < 4.78 is 0. The molecule has 0 bridgehead atoms. The summed E-state index contributed by atoms with van der Waals surface area (Å²) in [6.07, 6.45) is 7.98. The van der Waals surface area contributed by atoms with Crippen molar-refractivity contribution in [3.05, 3.63) is 58.3 Å². The van der Waals surface area contributed by atoms with Crippen LogP contribution in [0.4, 0.5) is 5.82 Å². The van der Waals surface area contributed by atoms with Gasteiger partial charge in [0.25, 0.3) is 0 Å². The number of nitrogens with zero attached hydrogens (tertiary/aromatic N) is 1. The second kappa shape index (κ2) is 4.43. The van der Waals surface area contributed by atoms with Gasteiger partial charge in [0.15, 0.2) is 0 Å². The zero-order chi connectivity index (χ0) is 16.2. The van der Waals surface area contributed by atoms with Crippen LogP contribution in [0.2, 0.25) is 0 Å². The summed E-state index contributed by atoms with van der Waals surface area (Å²) in [5, 5.41) is 12.0. The van der Waals surface area contributed by atoms with E-state index in [1.54, 1.807) is 24.4 Å². The van der Waals surface area contributed by atoms with Gasteiger partial charge in [0.2, 0.25) is 5.91 Å². The van der Waals surface area contributed by atoms with Crippen molar-refractivity contribution in [2.75, 3.05) is 5.32 Å². The van der Waals surface area contributed by atoms with E-state index in [1.807, 2.05) is 6.07 Å². The minimum Gasteiger partial charge on any atom is -0.478 e. The first-order valence-electron chi connectivity index (χ1n) is 7.17. The Balaban J connectivity index is 1.84. The van der Waals surface area contributed by atoms with Crippen LogP contribution in [0, 0.1) is 12.3 Å². The van der Waals surface area contributed by atoms with Crippen LogP contribution in [-0.2, 0) is 23.1 Å². The van der Waals surface area contributed by atoms with Crippen LogP contribution in [-0.4, -0.2) is 22.0 Å². The van der Waals surface area contributed by atoms with E-state index < -0.39 is 11.4 Å². The van der Waals surface area contributed by atoms with E-state index in [0.717, 1.165) is 16.7 Å². The van der Waals surface area contributed by atoms with Gasteiger partial charge in [-0.25, -0.2) is 9.78 Å². The summed E-state index contributed by atoms with van der Waals surface area (Å²) in [6, 6.07) is 6.84. The fourth-order valence-electron chi connectivity index (χ4n) is 3.52. The van der Waals surface area contributed by atoms with Gasteiger partial charge in [0, 0.05) is 17.3 Å². The average Bonchev–Trinajstić information content (AvgIpc) is 3.05. The molecule has 23 heavy (non-hydrogen) atoms. The van der Waals surface area contributed by atoms with Crippen molar-refractivity contribution < 1.29 is 14.7 Å². The van der Waals surface area contributed by atoms with Gasteiger partial charge in [-0.05, 0) is 42.2 Å². The zero-order valence-electron chi connectivity index (χ0n) is 12.1. The molecule has 2 aromatic rings. The number of amides is 1. The molecule has 2 heterocycles. The Morgan fingerprint density at radius 2 is 2.09 bits per heavy atom. The maximum absolute atomic E-state index is 12.6. The monoisotopic (exact) mass is 304 g/mol. The highest BCUT2D eigenvalue weighted by atomic mass is 16.4. The third kappa shape index (κ3) is 1.78. The van der Waals surface area contributed by atoms with E-state index in [4.69, 9.17) is 11.5 Å². The van der Waals surface area contributed by atoms with Gasteiger partial charge in [-0.1, -0.05) is 12.0 Å². The molecular weight excluding hydrogens is 292 g/mol. The summed E-state index contributed by atoms with van der Waals surface area (Å²) in [5.41, 5.74) is 2.79. The number of hydrogen-bond donors (Lipinski definition) is 2. The van der Waals surface area contributed by atoms with Crippen molar-refractivity contribution in [3.63, 3.8) is 0 Å². The predicted octanol–water partition coefficient (Wildman–Crippen LogP) is 1.75. The lowest BCUT2D eigenvalue weighted by Gasteiger charge is -2.20. The molecule has 2 aliphatic rings. The molecule has 0 unspecified atom stereocenters. The second-order valence-electron chi connectivity index (χ2n) is 5.94. The first-order chi connectivity index (χ1) is 11.0. The number of nitrogens with one attached hydrogen (secondary N) is 1. The minimum absolute atomic E-state index is 0.109. The maximum atomic E-state index is 12.6. The van der Waals surface area contributed by atoms with E-state index in [9.17, 15) is 9.59 Å². The highest BCUT2D eigenvalue weighted by molar-refractivity contribution is 6.06. The molecule has 0 saturated carbocycles. The molecule has 1 amide bonds. The Morgan fingerprint density at radius 1 is 1.30 bits per heavy atom. The van der Waals surface area contributed by atoms with E-state index in [0.29, 0.717) is 24.2 Å². The number of hydrogen-bond acceptors (Lipinski definition) is 3. The Kier molecular flexibility index (Phi) is 2.61. The van der Waals surface area contributed by atoms with Crippen LogP contribution in [0.1, 0.15) is 32.6 Å². The van der Waals surface area contributed by atoms with Gasteiger partial charge in [-0.3, -0.25) is 4.79 Å². The van der Waals surface area contributed by atoms with E-state index in [2.05, 4.69) is 16.2 Å². The van der Waals surface area contributed by atoms with Crippen molar-refractivity contribution >= 4 is 17.7 Å². The summed E-state index contributed by atoms with van der Waals surface area (Å²) in [6.45, 7) is 0. The summed E-state index contributed by atoms with van der Waals surface area (Å²) in [5.74, 6) is 2.01. The largest absolute Gasteiger partial charge is 0.478 e. The number of terminal acetylenes is 1. The van der Waals surface area contributed by atoms with E-state index in [-0.39, 0.29) is 11.5 Å². The quantitative estimate of drug-likeness (QED) is 0.787. The first-order valence-corrected chi connectivity index (χ1v) is 7.17. The molecule has 1 atom stereocenters. The van der Waals surface area contributed by atoms with E-state index >= 15 is 0 Å². The number of carbonyl (C=O) groups is 2. The summed E-state index contributed by atoms with van der Waals surface area (Å²) in [7, 11) is 0. The van der Waals surface area contributed by atoms with Gasteiger partial charge in [-0.2, -0.15) is 0 Å². The Morgan fingerprint density at radius 3 is 2.83 bits per heavy atom. The third-order valence-corrected chi connectivity index (χ3v) is 4.67. The average molecular weight is 304 g/mol. The molecule has 1 aromatic heterocycles. The normalized spacial score (nSPS) is 20.7. The lowest BCUT2D eigenvalue weighted by Crippen LogP contribution is -2.35. The number of carboxylic acid groups (broad SMARTS) is 1. The fourth-order valence-corrected chi connectivity index (χ4v) is 3.52. The number of pyridine rings is 1. The van der Waals surface area contributed by atoms with Crippen LogP contribution in [0.5, 0.6) is 0 Å². The molecule has 5 nitrogen and oxygen atoms in total. The highest BCUT2D eigenvalue weighted by Crippen LogP contribution is 2.46. The molecule has 0 radical (unpaired) electrons. The molecule has 5 heteroatoms. The van der Waals surface area contributed by atoms with Gasteiger partial charge in [-0.15, -0.1) is 6.42 Å². The zero-order valence-corrected chi connectivity index (χ0v) is 12.1. The minimum atomic E-state index is -0.971. The number of carbonyl (C=O) groups excluding carboxylic acids is 1. The number of benzene rings is 1. The Bertz CT molecular complexity index is 926. The predicted molar refractivity (Wildman–Crippen MR) is 83.3 cm³/mol. The number of aromatic carboxylic acids is 1. The molecule has 0 saturated heterocycles. The molecule has 4 rings (SSSR count). The summed E-state index contributed by atoms with van der Waals surface area (Å²) in [4.78, 5) is 28.0. The van der Waals surface area contributed by atoms with Crippen LogP contribution in [0.25, 0.3) is 0 Å². The van der Waals surface area contributed by atoms with Gasteiger partial charge < -0.3 is 10.4 Å². The SMILES string of the molecule is C#Cc1cnc2c(c1)[C@]1(Cc3ccc(C(=O)O)cc3C1)C(=O)N2. The van der Waals surface area contributed by atoms with Crippen LogP contribution in [0.3, 0.4) is 0 Å². The lowest BCUT2D eigenvalue weighted by atomic mass is 9.79. The molecule has 0 fully saturated rings. The van der Waals surface area contributed by atoms with Crippen LogP contribution >= 0.6 is 0 Å². The molecule has 2 N–H and O–H groups in total. The lowest BCUT2D eigenvalue weighted by molar-refractivity contribution is -0.120. The number of rotatable bonds is 1. The molecule has 1 aliphatic carbocycles. The van der Waals surface area contributed by atoms with Crippen molar-refractivity contribution in [2.45, 2.75) is 18.3 Å². The van der Waals surface area contributed by atoms with Crippen molar-refractivity contribution in [3.8, 4) is 12.3 Å². The van der Waals surface area contributed by atoms with Gasteiger partial charge in [0.1, 0.15) is 5.82 Å². The molecule has 1 spiro atoms. The fraction of sp³-hybridized carbons (Fsp3) is 0.167. The topological polar surface area (TPSA) is 79.3 Å². The molecule has 112 valence electrons. The van der Waals surface area contributed by atoms with Gasteiger partial charge >= 0.3 is 5.97 Å². The van der Waals surface area contributed by atoms with Crippen LogP contribution < -0.4 is 5.32 Å². The smallest absolute Gasteiger partial charge is 0.335 e. The Hall–Kier alpha value is -3.13. The number of fused-ring (bicyclic) bond motifs is 3. The summed E-state index contributed by atoms with van der Waals surface area (Å²) >= 11 is 0. The maximum Gasteiger partial charge on any atom is 0.335 e. The first kappa shape index (κ1) is 13.5. The number of aromatic nitrogens is 1.